The largest absolute Gasteiger partial charge is 0.454 e. The van der Waals surface area contributed by atoms with Gasteiger partial charge in [0.05, 0.1) is 16.7 Å². The van der Waals surface area contributed by atoms with E-state index in [-0.39, 0.29) is 18.7 Å². The van der Waals surface area contributed by atoms with E-state index in [4.69, 9.17) is 9.47 Å². The van der Waals surface area contributed by atoms with Crippen molar-refractivity contribution in [2.75, 3.05) is 6.79 Å². The van der Waals surface area contributed by atoms with E-state index in [0.29, 0.717) is 5.56 Å². The average molecular weight is 413 g/mol. The number of aromatic nitrogens is 1. The maximum Gasteiger partial charge on any atom is 0.251 e. The lowest BCUT2D eigenvalue weighted by molar-refractivity contribution is 0.0939. The minimum absolute atomic E-state index is 0.100. The molecule has 1 aliphatic rings. The third-order valence-corrected chi connectivity index (χ3v) is 6.28. The zero-order chi connectivity index (χ0) is 19.5. The maximum atomic E-state index is 12.6. The molecule has 0 saturated heterocycles. The summed E-state index contributed by atoms with van der Waals surface area (Å²) in [6.07, 6.45) is 0. The molecule has 2 heterocycles. The molecule has 1 unspecified atom stereocenters. The standard InChI is InChI=1S/C21H20N2O3S2/c1-13(16-5-8-19-20(9-16)26-12-25-19)22-21(24)15-3-6-18(7-4-15)28-11-17-10-27-14(2)23-17/h3-10,13H,11-12H2,1-2H3,(H,22,24). The number of nitrogens with zero attached hydrogens (tertiary/aromatic N) is 1. The zero-order valence-electron chi connectivity index (χ0n) is 15.6. The van der Waals surface area contributed by atoms with Crippen molar-refractivity contribution in [1.29, 1.82) is 0 Å². The van der Waals surface area contributed by atoms with Crippen LogP contribution in [0.1, 0.15) is 39.6 Å². The van der Waals surface area contributed by atoms with Gasteiger partial charge < -0.3 is 14.8 Å². The summed E-state index contributed by atoms with van der Waals surface area (Å²) in [4.78, 5) is 18.2. The Balaban J connectivity index is 1.35. The van der Waals surface area contributed by atoms with Gasteiger partial charge in [-0.15, -0.1) is 23.1 Å². The molecule has 4 rings (SSSR count). The Kier molecular flexibility index (Phi) is 5.54. The molecule has 0 bridgehead atoms. The number of fused-ring (bicyclic) bond motifs is 1. The second-order valence-corrected chi connectivity index (χ2v) is 8.59. The summed E-state index contributed by atoms with van der Waals surface area (Å²) in [6, 6.07) is 13.3. The number of hydrogen-bond acceptors (Lipinski definition) is 6. The molecule has 3 aromatic rings. The van der Waals surface area contributed by atoms with Gasteiger partial charge in [-0.1, -0.05) is 6.07 Å². The molecule has 1 atom stereocenters. The second-order valence-electron chi connectivity index (χ2n) is 6.48. The van der Waals surface area contributed by atoms with Gasteiger partial charge in [-0.05, 0) is 55.8 Å². The maximum absolute atomic E-state index is 12.6. The van der Waals surface area contributed by atoms with Crippen LogP contribution >= 0.6 is 23.1 Å². The predicted molar refractivity (Wildman–Crippen MR) is 111 cm³/mol. The van der Waals surface area contributed by atoms with Crippen LogP contribution in [0.25, 0.3) is 0 Å². The molecule has 2 aromatic carbocycles. The van der Waals surface area contributed by atoms with E-state index in [1.807, 2.05) is 56.3 Å². The number of carbonyl (C=O) groups is 1. The molecule has 0 fully saturated rings. The number of rotatable bonds is 6. The van der Waals surface area contributed by atoms with Crippen molar-refractivity contribution in [3.05, 3.63) is 69.7 Å². The van der Waals surface area contributed by atoms with Crippen molar-refractivity contribution in [3.8, 4) is 11.5 Å². The van der Waals surface area contributed by atoms with Crippen LogP contribution < -0.4 is 14.8 Å². The van der Waals surface area contributed by atoms with Gasteiger partial charge in [0.15, 0.2) is 11.5 Å². The first-order valence-electron chi connectivity index (χ1n) is 8.93. The van der Waals surface area contributed by atoms with E-state index in [0.717, 1.165) is 38.4 Å². The first-order valence-corrected chi connectivity index (χ1v) is 10.8. The predicted octanol–water partition coefficient (Wildman–Crippen LogP) is 4.96. The van der Waals surface area contributed by atoms with Crippen molar-refractivity contribution in [2.24, 2.45) is 0 Å². The van der Waals surface area contributed by atoms with E-state index in [1.54, 1.807) is 23.1 Å². The quantitative estimate of drug-likeness (QED) is 0.580. The van der Waals surface area contributed by atoms with Crippen LogP contribution in [-0.2, 0) is 5.75 Å². The normalized spacial score (nSPS) is 13.4. The lowest BCUT2D eigenvalue weighted by atomic mass is 10.1. The Morgan fingerprint density at radius 3 is 2.75 bits per heavy atom. The first-order chi connectivity index (χ1) is 13.6. The van der Waals surface area contributed by atoms with Crippen LogP contribution in [0.5, 0.6) is 11.5 Å². The smallest absolute Gasteiger partial charge is 0.251 e. The molecule has 5 nitrogen and oxygen atoms in total. The summed E-state index contributed by atoms with van der Waals surface area (Å²) in [7, 11) is 0. The van der Waals surface area contributed by atoms with Crippen molar-refractivity contribution in [1.82, 2.24) is 10.3 Å². The molecule has 144 valence electrons. The Labute approximate surface area is 172 Å². The monoisotopic (exact) mass is 412 g/mol. The number of thiazole rings is 1. The van der Waals surface area contributed by atoms with Gasteiger partial charge in [-0.25, -0.2) is 4.98 Å². The van der Waals surface area contributed by atoms with Crippen LogP contribution in [0.3, 0.4) is 0 Å². The SMILES string of the molecule is Cc1nc(CSc2ccc(C(=O)NC(C)c3ccc4c(c3)OCO4)cc2)cs1. The minimum Gasteiger partial charge on any atom is -0.454 e. The fourth-order valence-electron chi connectivity index (χ4n) is 2.88. The van der Waals surface area contributed by atoms with Crippen LogP contribution in [-0.4, -0.2) is 17.7 Å². The van der Waals surface area contributed by atoms with Crippen molar-refractivity contribution in [3.63, 3.8) is 0 Å². The topological polar surface area (TPSA) is 60.5 Å². The number of ether oxygens (including phenoxy) is 2. The van der Waals surface area contributed by atoms with Crippen LogP contribution in [0.15, 0.2) is 52.7 Å². The van der Waals surface area contributed by atoms with Crippen molar-refractivity contribution < 1.29 is 14.3 Å². The lowest BCUT2D eigenvalue weighted by Gasteiger charge is -2.15. The summed E-state index contributed by atoms with van der Waals surface area (Å²) in [6.45, 7) is 4.21. The lowest BCUT2D eigenvalue weighted by Crippen LogP contribution is -2.26. The molecular weight excluding hydrogens is 392 g/mol. The van der Waals surface area contributed by atoms with E-state index in [1.165, 1.54) is 0 Å². The number of hydrogen-bond donors (Lipinski definition) is 1. The minimum atomic E-state index is -0.135. The Hall–Kier alpha value is -2.51. The van der Waals surface area contributed by atoms with Crippen molar-refractivity contribution >= 4 is 29.0 Å². The average Bonchev–Trinajstić information content (AvgIpc) is 3.34. The molecule has 28 heavy (non-hydrogen) atoms. The highest BCUT2D eigenvalue weighted by Crippen LogP contribution is 2.34. The highest BCUT2D eigenvalue weighted by atomic mass is 32.2. The first kappa shape index (κ1) is 18.8. The number of amides is 1. The molecule has 0 saturated carbocycles. The number of thioether (sulfide) groups is 1. The van der Waals surface area contributed by atoms with E-state index in [9.17, 15) is 4.79 Å². The third kappa shape index (κ3) is 4.31. The summed E-state index contributed by atoms with van der Waals surface area (Å²) >= 11 is 3.38. The number of aryl methyl sites for hydroxylation is 1. The van der Waals surface area contributed by atoms with Crippen molar-refractivity contribution in [2.45, 2.75) is 30.5 Å². The molecular formula is C21H20N2O3S2. The summed E-state index contributed by atoms with van der Waals surface area (Å²) < 4.78 is 10.7. The summed E-state index contributed by atoms with van der Waals surface area (Å²) in [5, 5.41) is 6.20. The highest BCUT2D eigenvalue weighted by Gasteiger charge is 2.17. The van der Waals surface area contributed by atoms with Gasteiger partial charge in [0.25, 0.3) is 5.91 Å². The second kappa shape index (κ2) is 8.24. The molecule has 7 heteroatoms. The van der Waals surface area contributed by atoms with Gasteiger partial charge in [-0.2, -0.15) is 0 Å². The molecule has 1 N–H and O–H groups in total. The van der Waals surface area contributed by atoms with Crippen LogP contribution in [0.2, 0.25) is 0 Å². The van der Waals surface area contributed by atoms with E-state index in [2.05, 4.69) is 15.7 Å². The number of nitrogens with one attached hydrogen (secondary N) is 1. The van der Waals surface area contributed by atoms with E-state index >= 15 is 0 Å². The summed E-state index contributed by atoms with van der Waals surface area (Å²) in [5.74, 6) is 2.19. The molecule has 1 aliphatic heterocycles. The van der Waals surface area contributed by atoms with E-state index < -0.39 is 0 Å². The fraction of sp³-hybridized carbons (Fsp3) is 0.238. The zero-order valence-corrected chi connectivity index (χ0v) is 17.2. The molecule has 1 aromatic heterocycles. The van der Waals surface area contributed by atoms with Crippen LogP contribution in [0, 0.1) is 6.92 Å². The van der Waals surface area contributed by atoms with Gasteiger partial charge in [0, 0.05) is 21.6 Å². The van der Waals surface area contributed by atoms with Crippen LogP contribution in [0.4, 0.5) is 0 Å². The molecule has 0 spiro atoms. The van der Waals surface area contributed by atoms with Gasteiger partial charge >= 0.3 is 0 Å². The number of carbonyl (C=O) groups excluding carboxylic acids is 1. The fourth-order valence-corrected chi connectivity index (χ4v) is 4.39. The van der Waals surface area contributed by atoms with Gasteiger partial charge in [0.1, 0.15) is 0 Å². The molecule has 0 radical (unpaired) electrons. The third-order valence-electron chi connectivity index (χ3n) is 4.41. The Morgan fingerprint density at radius 1 is 1.21 bits per heavy atom. The Morgan fingerprint density at radius 2 is 2.00 bits per heavy atom. The molecule has 0 aliphatic carbocycles. The van der Waals surface area contributed by atoms with Gasteiger partial charge in [-0.3, -0.25) is 4.79 Å². The van der Waals surface area contributed by atoms with Gasteiger partial charge in [0.2, 0.25) is 6.79 Å². The Bertz CT molecular complexity index is 986. The highest BCUT2D eigenvalue weighted by molar-refractivity contribution is 7.98. The summed E-state index contributed by atoms with van der Waals surface area (Å²) in [5.41, 5.74) is 2.71. The molecule has 1 amide bonds. The number of benzene rings is 2.